The van der Waals surface area contributed by atoms with E-state index in [1.807, 2.05) is 19.9 Å². The van der Waals surface area contributed by atoms with Gasteiger partial charge in [-0.3, -0.25) is 4.90 Å². The molecule has 2 aromatic rings. The second-order valence-electron chi connectivity index (χ2n) is 8.54. The van der Waals surface area contributed by atoms with E-state index in [0.29, 0.717) is 0 Å². The summed E-state index contributed by atoms with van der Waals surface area (Å²) in [6.45, 7) is 17.6. The molecular weight excluding hydrogens is 402 g/mol. The Morgan fingerprint density at radius 2 is 1.76 bits per heavy atom. The van der Waals surface area contributed by atoms with Crippen LogP contribution >= 0.6 is 0 Å². The van der Waals surface area contributed by atoms with Gasteiger partial charge in [-0.25, -0.2) is 0 Å². The number of methoxy groups -OCH3 is 1. The maximum atomic E-state index is 5.22. The van der Waals surface area contributed by atoms with Gasteiger partial charge in [0.25, 0.3) is 0 Å². The van der Waals surface area contributed by atoms with Crippen LogP contribution in [0.5, 0.6) is 0 Å². The highest BCUT2D eigenvalue weighted by Crippen LogP contribution is 2.26. The van der Waals surface area contributed by atoms with E-state index in [0.717, 1.165) is 31.6 Å². The predicted molar refractivity (Wildman–Crippen MR) is 145 cm³/mol. The third-order valence-electron chi connectivity index (χ3n) is 6.13. The van der Waals surface area contributed by atoms with Crippen molar-refractivity contribution < 1.29 is 4.74 Å². The number of hydrogen-bond acceptors (Lipinski definition) is 2. The van der Waals surface area contributed by atoms with Crippen LogP contribution < -0.4 is 0 Å². The second kappa shape index (κ2) is 14.5. The number of allylic oxidation sites excluding steroid dienone is 2. The third-order valence-corrected chi connectivity index (χ3v) is 6.13. The van der Waals surface area contributed by atoms with Crippen LogP contribution in [-0.2, 0) is 24.1 Å². The molecule has 0 aromatic heterocycles. The third kappa shape index (κ3) is 8.37. The first-order chi connectivity index (χ1) is 16.1. The molecular formula is C31H43NO. The maximum absolute atomic E-state index is 5.22. The van der Waals surface area contributed by atoms with Crippen molar-refractivity contribution in [2.24, 2.45) is 0 Å². The highest BCUT2D eigenvalue weighted by Gasteiger charge is 2.14. The smallest absolute Gasteiger partial charge is 0.0887 e. The van der Waals surface area contributed by atoms with Crippen LogP contribution in [0.4, 0.5) is 0 Å². The van der Waals surface area contributed by atoms with Crippen molar-refractivity contribution in [3.05, 3.63) is 94.8 Å². The van der Waals surface area contributed by atoms with Crippen molar-refractivity contribution in [1.82, 2.24) is 4.90 Å². The van der Waals surface area contributed by atoms with Crippen LogP contribution in [0.2, 0.25) is 0 Å². The number of piperidine rings is 1. The lowest BCUT2D eigenvalue weighted by atomic mass is 9.91. The van der Waals surface area contributed by atoms with E-state index in [1.54, 1.807) is 7.11 Å². The van der Waals surface area contributed by atoms with Crippen LogP contribution in [0.15, 0.2) is 61.4 Å². The van der Waals surface area contributed by atoms with Crippen LogP contribution in [-0.4, -0.2) is 25.1 Å². The highest BCUT2D eigenvalue weighted by atomic mass is 16.5. The van der Waals surface area contributed by atoms with Crippen molar-refractivity contribution in [3.8, 4) is 0 Å². The fourth-order valence-corrected chi connectivity index (χ4v) is 4.49. The Balaban J connectivity index is 0.00000187. The summed E-state index contributed by atoms with van der Waals surface area (Å²) in [6.07, 6.45) is 13.1. The molecule has 1 fully saturated rings. The summed E-state index contributed by atoms with van der Waals surface area (Å²) >= 11 is 0. The Labute approximate surface area is 202 Å². The van der Waals surface area contributed by atoms with Crippen molar-refractivity contribution in [2.75, 3.05) is 20.2 Å². The molecule has 0 atom stereocenters. The lowest BCUT2D eigenvalue weighted by molar-refractivity contribution is 0.221. The molecule has 3 rings (SSSR count). The molecule has 0 amide bonds. The number of rotatable bonds is 10. The quantitative estimate of drug-likeness (QED) is 0.343. The molecule has 178 valence electrons. The first-order valence-electron chi connectivity index (χ1n) is 12.6. The molecule has 0 unspecified atom stereocenters. The van der Waals surface area contributed by atoms with Crippen molar-refractivity contribution in [2.45, 2.75) is 65.8 Å². The van der Waals surface area contributed by atoms with Crippen LogP contribution in [0, 0.1) is 0 Å². The molecule has 2 nitrogen and oxygen atoms in total. The average Bonchev–Trinajstić information content (AvgIpc) is 2.85. The molecule has 1 heterocycles. The van der Waals surface area contributed by atoms with E-state index < -0.39 is 0 Å². The molecule has 0 bridgehead atoms. The Morgan fingerprint density at radius 3 is 2.42 bits per heavy atom. The summed E-state index contributed by atoms with van der Waals surface area (Å²) in [6, 6.07) is 13.7. The molecule has 33 heavy (non-hydrogen) atoms. The molecule has 0 aliphatic carbocycles. The Bertz CT molecular complexity index is 919. The second-order valence-corrected chi connectivity index (χ2v) is 8.54. The zero-order valence-electron chi connectivity index (χ0n) is 21.3. The minimum Gasteiger partial charge on any atom is -0.502 e. The van der Waals surface area contributed by atoms with Crippen LogP contribution in [0.1, 0.15) is 79.8 Å². The standard InChI is InChI=1S/C29H37NO.C2H6/c1-5-11-27-20-26(22-30-16-8-7-9-17-30)21-28(29(27)6-2)19-25-13-10-12-24(18-25)15-14-23(3)31-4;1-2/h5-6,10-13,18,20-21H,2-3,7-9,14-17,19,22H2,1,4H3;1-2H3/b11-5-;. The fourth-order valence-electron chi connectivity index (χ4n) is 4.49. The van der Waals surface area contributed by atoms with E-state index in [9.17, 15) is 0 Å². The molecule has 1 aliphatic rings. The number of likely N-dealkylation sites (tertiary alicyclic amines) is 1. The van der Waals surface area contributed by atoms with Crippen LogP contribution in [0.3, 0.4) is 0 Å². The molecule has 1 aliphatic heterocycles. The molecule has 2 heteroatoms. The van der Waals surface area contributed by atoms with Crippen LogP contribution in [0.25, 0.3) is 12.2 Å². The fraction of sp³-hybridized carbons (Fsp3) is 0.419. The Morgan fingerprint density at radius 1 is 1.03 bits per heavy atom. The van der Waals surface area contributed by atoms with Crippen molar-refractivity contribution in [1.29, 1.82) is 0 Å². The zero-order valence-corrected chi connectivity index (χ0v) is 21.3. The number of hydrogen-bond donors (Lipinski definition) is 0. The Kier molecular flexibility index (Phi) is 11.8. The van der Waals surface area contributed by atoms with Gasteiger partial charge in [-0.05, 0) is 85.1 Å². The van der Waals surface area contributed by atoms with Gasteiger partial charge in [-0.1, -0.05) is 82.0 Å². The lowest BCUT2D eigenvalue weighted by Crippen LogP contribution is -2.29. The molecule has 2 aromatic carbocycles. The number of benzene rings is 2. The first-order valence-corrected chi connectivity index (χ1v) is 12.6. The average molecular weight is 446 g/mol. The van der Waals surface area contributed by atoms with Gasteiger partial charge in [0, 0.05) is 13.0 Å². The number of nitrogens with zero attached hydrogens (tertiary/aromatic N) is 1. The molecule has 1 saturated heterocycles. The molecule has 0 radical (unpaired) electrons. The van der Waals surface area contributed by atoms with E-state index in [-0.39, 0.29) is 0 Å². The summed E-state index contributed by atoms with van der Waals surface area (Å²) in [5.41, 5.74) is 7.95. The van der Waals surface area contributed by atoms with Gasteiger partial charge in [0.1, 0.15) is 0 Å². The highest BCUT2D eigenvalue weighted by molar-refractivity contribution is 5.68. The van der Waals surface area contributed by atoms with E-state index in [1.165, 1.54) is 65.7 Å². The monoisotopic (exact) mass is 445 g/mol. The van der Waals surface area contributed by atoms with Gasteiger partial charge in [0.05, 0.1) is 12.9 Å². The lowest BCUT2D eigenvalue weighted by Gasteiger charge is -2.27. The molecule has 0 saturated carbocycles. The van der Waals surface area contributed by atoms with E-state index in [4.69, 9.17) is 4.74 Å². The van der Waals surface area contributed by atoms with Gasteiger partial charge in [0.15, 0.2) is 0 Å². The zero-order chi connectivity index (χ0) is 24.1. The Hall–Kier alpha value is -2.58. The SMILES string of the molecule is C=Cc1c(/C=C\C)cc(CN2CCCCC2)cc1Cc1cccc(CCC(=C)OC)c1.CC. The van der Waals surface area contributed by atoms with Gasteiger partial charge >= 0.3 is 0 Å². The van der Waals surface area contributed by atoms with Gasteiger partial charge in [-0.15, -0.1) is 0 Å². The van der Waals surface area contributed by atoms with Gasteiger partial charge in [-0.2, -0.15) is 0 Å². The summed E-state index contributed by atoms with van der Waals surface area (Å²) in [5.74, 6) is 0.834. The van der Waals surface area contributed by atoms with Crippen molar-refractivity contribution in [3.63, 3.8) is 0 Å². The molecule has 0 N–H and O–H groups in total. The minimum absolute atomic E-state index is 0.834. The summed E-state index contributed by atoms with van der Waals surface area (Å²) in [7, 11) is 1.69. The summed E-state index contributed by atoms with van der Waals surface area (Å²) in [4.78, 5) is 2.60. The number of ether oxygens (including phenoxy) is 1. The number of aryl methyl sites for hydroxylation is 1. The van der Waals surface area contributed by atoms with E-state index >= 15 is 0 Å². The topological polar surface area (TPSA) is 12.5 Å². The van der Waals surface area contributed by atoms with E-state index in [2.05, 4.69) is 73.5 Å². The maximum Gasteiger partial charge on any atom is 0.0887 e. The minimum atomic E-state index is 0.834. The summed E-state index contributed by atoms with van der Waals surface area (Å²) < 4.78 is 5.22. The van der Waals surface area contributed by atoms with Gasteiger partial charge < -0.3 is 4.74 Å². The predicted octanol–water partition coefficient (Wildman–Crippen LogP) is 8.06. The summed E-state index contributed by atoms with van der Waals surface area (Å²) in [5, 5.41) is 0. The first kappa shape index (κ1) is 26.7. The normalized spacial score (nSPS) is 13.9. The van der Waals surface area contributed by atoms with Gasteiger partial charge in [0.2, 0.25) is 0 Å². The largest absolute Gasteiger partial charge is 0.502 e. The van der Waals surface area contributed by atoms with Crippen molar-refractivity contribution >= 4 is 12.2 Å². The molecule has 0 spiro atoms.